The van der Waals surface area contributed by atoms with Gasteiger partial charge in [-0.3, -0.25) is 9.59 Å². The molecule has 0 rings (SSSR count). The van der Waals surface area contributed by atoms with E-state index >= 15 is 0 Å². The highest BCUT2D eigenvalue weighted by atomic mass is 16.5. The van der Waals surface area contributed by atoms with Gasteiger partial charge in [0.1, 0.15) is 0 Å². The van der Waals surface area contributed by atoms with Crippen LogP contribution in [0.2, 0.25) is 0 Å². The number of esters is 1. The monoisotopic (exact) mass is 942 g/mol. The van der Waals surface area contributed by atoms with Crippen molar-refractivity contribution >= 4 is 11.9 Å². The minimum atomic E-state index is -0.849. The molecule has 0 aromatic carbocycles. The van der Waals surface area contributed by atoms with Gasteiger partial charge < -0.3 is 20.3 Å². The number of ether oxygens (including phenoxy) is 1. The largest absolute Gasteiger partial charge is 0.466 e. The lowest BCUT2D eigenvalue weighted by molar-refractivity contribution is -0.143. The lowest BCUT2D eigenvalue weighted by Crippen LogP contribution is -2.45. The molecular formula is C61H115NO5. The number of nitrogens with one attached hydrogen (secondary N) is 1. The summed E-state index contributed by atoms with van der Waals surface area (Å²) in [5.74, 6) is -0.0815. The van der Waals surface area contributed by atoms with Crippen LogP contribution < -0.4 is 5.32 Å². The van der Waals surface area contributed by atoms with Crippen LogP contribution in [0.1, 0.15) is 316 Å². The Morgan fingerprint density at radius 3 is 1.16 bits per heavy atom. The van der Waals surface area contributed by atoms with Crippen LogP contribution in [0, 0.1) is 0 Å². The maximum atomic E-state index is 12.5. The number of amides is 1. The Bertz CT molecular complexity index is 1090. The quantitative estimate of drug-likeness (QED) is 0.0321. The van der Waals surface area contributed by atoms with Crippen LogP contribution in [-0.4, -0.2) is 47.4 Å². The van der Waals surface area contributed by atoms with Gasteiger partial charge in [0.25, 0.3) is 0 Å². The molecule has 6 nitrogen and oxygen atoms in total. The zero-order valence-corrected chi connectivity index (χ0v) is 44.9. The number of allylic oxidation sites excluding steroid dienone is 5. The van der Waals surface area contributed by atoms with E-state index in [1.165, 1.54) is 238 Å². The molecule has 0 heterocycles. The standard InChI is InChI=1S/C61H115NO5/c1-3-5-7-9-11-13-15-17-19-20-22-26-29-33-37-41-45-49-53-59(64)58(57-63)62-60(65)54-50-46-42-38-34-30-27-23-21-24-28-32-36-40-44-48-52-56-67-61(66)55-51-47-43-39-35-31-25-18-16-14-12-10-8-6-4-2/h12,14,18,25,49,53,58-59,63-64H,3-11,13,15-17,19-24,26-48,50-52,54-57H2,1-2H3,(H,62,65)/b14-12-,25-18-,53-49+. The first kappa shape index (κ1) is 65.1. The Labute approximate surface area is 417 Å². The van der Waals surface area contributed by atoms with Crippen molar-refractivity contribution < 1.29 is 24.5 Å². The van der Waals surface area contributed by atoms with Crippen molar-refractivity contribution in [3.63, 3.8) is 0 Å². The van der Waals surface area contributed by atoms with Crippen LogP contribution >= 0.6 is 0 Å². The molecule has 0 aromatic rings. The average molecular weight is 943 g/mol. The maximum Gasteiger partial charge on any atom is 0.305 e. The molecule has 1 amide bonds. The van der Waals surface area contributed by atoms with E-state index in [9.17, 15) is 19.8 Å². The molecule has 3 N–H and O–H groups in total. The molecule has 0 aliphatic rings. The second-order valence-corrected chi connectivity index (χ2v) is 20.3. The molecule has 0 saturated heterocycles. The third-order valence-corrected chi connectivity index (χ3v) is 13.7. The highest BCUT2D eigenvalue weighted by molar-refractivity contribution is 5.76. The van der Waals surface area contributed by atoms with Crippen LogP contribution in [0.25, 0.3) is 0 Å². The predicted octanol–water partition coefficient (Wildman–Crippen LogP) is 18.4. The summed E-state index contributed by atoms with van der Waals surface area (Å²) in [5.41, 5.74) is 0. The van der Waals surface area contributed by atoms with Gasteiger partial charge in [0.15, 0.2) is 0 Å². The Kier molecular flexibility index (Phi) is 55.0. The first-order valence-corrected chi connectivity index (χ1v) is 29.8. The van der Waals surface area contributed by atoms with E-state index in [-0.39, 0.29) is 18.5 Å². The number of unbranched alkanes of at least 4 members (excludes halogenated alkanes) is 40. The molecule has 0 aliphatic heterocycles. The topological polar surface area (TPSA) is 95.9 Å². The molecule has 0 saturated carbocycles. The molecule has 0 spiro atoms. The molecule has 0 bridgehead atoms. The van der Waals surface area contributed by atoms with Gasteiger partial charge in [-0.25, -0.2) is 0 Å². The van der Waals surface area contributed by atoms with Crippen molar-refractivity contribution in [1.82, 2.24) is 5.32 Å². The number of rotatable bonds is 55. The summed E-state index contributed by atoms with van der Waals surface area (Å²) in [6.07, 6.45) is 70.2. The van der Waals surface area contributed by atoms with E-state index < -0.39 is 12.1 Å². The number of hydrogen-bond donors (Lipinski definition) is 3. The van der Waals surface area contributed by atoms with Gasteiger partial charge in [-0.05, 0) is 64.2 Å². The van der Waals surface area contributed by atoms with Crippen molar-refractivity contribution in [3.8, 4) is 0 Å². The smallest absolute Gasteiger partial charge is 0.305 e. The first-order valence-electron chi connectivity index (χ1n) is 29.8. The van der Waals surface area contributed by atoms with E-state index in [1.807, 2.05) is 6.08 Å². The molecular weight excluding hydrogens is 827 g/mol. The molecule has 0 aromatic heterocycles. The number of aliphatic hydroxyl groups is 2. The first-order chi connectivity index (χ1) is 33.0. The summed E-state index contributed by atoms with van der Waals surface area (Å²) in [6, 6.07) is -0.633. The van der Waals surface area contributed by atoms with Crippen LogP contribution in [0.3, 0.4) is 0 Å². The molecule has 6 heteroatoms. The fourth-order valence-corrected chi connectivity index (χ4v) is 9.08. The minimum absolute atomic E-state index is 0.00949. The number of carbonyl (C=O) groups is 2. The van der Waals surface area contributed by atoms with Crippen LogP contribution in [0.4, 0.5) is 0 Å². The van der Waals surface area contributed by atoms with Crippen molar-refractivity contribution in [2.45, 2.75) is 328 Å². The average Bonchev–Trinajstić information content (AvgIpc) is 3.33. The van der Waals surface area contributed by atoms with Crippen LogP contribution in [0.15, 0.2) is 36.5 Å². The predicted molar refractivity (Wildman–Crippen MR) is 292 cm³/mol. The summed E-state index contributed by atoms with van der Waals surface area (Å²) in [6.45, 7) is 4.87. The Balaban J connectivity index is 3.46. The number of aliphatic hydroxyl groups excluding tert-OH is 2. The summed E-state index contributed by atoms with van der Waals surface area (Å²) >= 11 is 0. The van der Waals surface area contributed by atoms with Crippen LogP contribution in [0.5, 0.6) is 0 Å². The van der Waals surface area contributed by atoms with Gasteiger partial charge >= 0.3 is 5.97 Å². The van der Waals surface area contributed by atoms with Gasteiger partial charge in [0, 0.05) is 12.8 Å². The van der Waals surface area contributed by atoms with Gasteiger partial charge in [-0.15, -0.1) is 0 Å². The van der Waals surface area contributed by atoms with Crippen LogP contribution in [-0.2, 0) is 14.3 Å². The van der Waals surface area contributed by atoms with Gasteiger partial charge in [0.05, 0.1) is 25.4 Å². The fraction of sp³-hybridized carbons (Fsp3) is 0.869. The fourth-order valence-electron chi connectivity index (χ4n) is 9.08. The molecule has 0 fully saturated rings. The van der Waals surface area contributed by atoms with Gasteiger partial charge in [-0.1, -0.05) is 275 Å². The van der Waals surface area contributed by atoms with Crippen molar-refractivity contribution in [2.75, 3.05) is 13.2 Å². The Morgan fingerprint density at radius 1 is 0.418 bits per heavy atom. The SMILES string of the molecule is CCCCC/C=C\C/C=C\CCCCCCCC(=O)OCCCCCCCCCCCCCCCCCCCC(=O)NC(CO)C(O)/C=C/CCCCCCCCCCCCCCCCCC. The van der Waals surface area contributed by atoms with E-state index in [2.05, 4.69) is 43.5 Å². The second kappa shape index (κ2) is 56.7. The molecule has 67 heavy (non-hydrogen) atoms. The summed E-state index contributed by atoms with van der Waals surface area (Å²) in [7, 11) is 0. The van der Waals surface area contributed by atoms with Crippen molar-refractivity contribution in [3.05, 3.63) is 36.5 Å². The lowest BCUT2D eigenvalue weighted by Gasteiger charge is -2.20. The van der Waals surface area contributed by atoms with E-state index in [0.29, 0.717) is 19.4 Å². The summed E-state index contributed by atoms with van der Waals surface area (Å²) < 4.78 is 5.47. The minimum Gasteiger partial charge on any atom is -0.466 e. The van der Waals surface area contributed by atoms with E-state index in [1.54, 1.807) is 6.08 Å². The van der Waals surface area contributed by atoms with Crippen molar-refractivity contribution in [2.24, 2.45) is 0 Å². The zero-order valence-electron chi connectivity index (χ0n) is 44.9. The summed E-state index contributed by atoms with van der Waals surface area (Å²) in [5, 5.41) is 23.2. The second-order valence-electron chi connectivity index (χ2n) is 20.3. The third-order valence-electron chi connectivity index (χ3n) is 13.7. The Morgan fingerprint density at radius 2 is 0.746 bits per heavy atom. The summed E-state index contributed by atoms with van der Waals surface area (Å²) in [4.78, 5) is 24.5. The number of hydrogen-bond acceptors (Lipinski definition) is 5. The molecule has 2 atom stereocenters. The highest BCUT2D eigenvalue weighted by Crippen LogP contribution is 2.17. The van der Waals surface area contributed by atoms with Gasteiger partial charge in [0.2, 0.25) is 5.91 Å². The normalized spacial score (nSPS) is 12.8. The van der Waals surface area contributed by atoms with Gasteiger partial charge in [-0.2, -0.15) is 0 Å². The zero-order chi connectivity index (χ0) is 48.6. The highest BCUT2D eigenvalue weighted by Gasteiger charge is 2.18. The van der Waals surface area contributed by atoms with E-state index in [0.717, 1.165) is 51.4 Å². The molecule has 394 valence electrons. The number of carbonyl (C=O) groups excluding carboxylic acids is 2. The Hall–Kier alpha value is -1.92. The molecule has 0 aliphatic carbocycles. The lowest BCUT2D eigenvalue weighted by atomic mass is 10.0. The molecule has 0 radical (unpaired) electrons. The maximum absolute atomic E-state index is 12.5. The van der Waals surface area contributed by atoms with E-state index in [4.69, 9.17) is 4.74 Å². The third kappa shape index (κ3) is 53.3. The van der Waals surface area contributed by atoms with Crippen molar-refractivity contribution in [1.29, 1.82) is 0 Å². The molecule has 2 unspecified atom stereocenters.